The van der Waals surface area contributed by atoms with Crippen LogP contribution in [0.15, 0.2) is 29.6 Å². The molecule has 26 heavy (non-hydrogen) atoms. The normalized spacial score (nSPS) is 20.6. The molecule has 0 saturated carbocycles. The number of hydrogen-bond acceptors (Lipinski definition) is 5. The van der Waals surface area contributed by atoms with Crippen LogP contribution >= 0.6 is 11.3 Å². The summed E-state index contributed by atoms with van der Waals surface area (Å²) >= 11 is 1.72. The summed E-state index contributed by atoms with van der Waals surface area (Å²) in [5.74, 6) is 0.211. The number of thiophene rings is 1. The number of benzene rings is 1. The van der Waals surface area contributed by atoms with E-state index in [0.29, 0.717) is 12.6 Å². The van der Waals surface area contributed by atoms with E-state index in [-0.39, 0.29) is 5.91 Å². The van der Waals surface area contributed by atoms with Crippen molar-refractivity contribution in [2.75, 3.05) is 58.2 Å². The van der Waals surface area contributed by atoms with Gasteiger partial charge in [0.1, 0.15) is 0 Å². The van der Waals surface area contributed by atoms with Crippen LogP contribution in [0.3, 0.4) is 0 Å². The molecule has 6 heteroatoms. The maximum atomic E-state index is 12.6. The number of amides is 1. The predicted molar refractivity (Wildman–Crippen MR) is 109 cm³/mol. The Labute approximate surface area is 159 Å². The lowest BCUT2D eigenvalue weighted by atomic mass is 10.0. The van der Waals surface area contributed by atoms with Crippen molar-refractivity contribution >= 4 is 33.0 Å². The second-order valence-corrected chi connectivity index (χ2v) is 8.36. The van der Waals surface area contributed by atoms with Crippen LogP contribution in [-0.2, 0) is 4.79 Å². The first-order valence-corrected chi connectivity index (χ1v) is 10.5. The number of nitrogens with one attached hydrogen (secondary N) is 1. The molecule has 0 aliphatic carbocycles. The first kappa shape index (κ1) is 17.8. The monoisotopic (exact) mass is 372 g/mol. The summed E-state index contributed by atoms with van der Waals surface area (Å²) in [5.41, 5.74) is 1.07. The molecule has 2 aromatic rings. The Morgan fingerprint density at radius 3 is 2.62 bits per heavy atom. The molecule has 0 spiro atoms. The van der Waals surface area contributed by atoms with Gasteiger partial charge in [0, 0.05) is 47.7 Å². The van der Waals surface area contributed by atoms with Gasteiger partial charge in [-0.15, -0.1) is 11.3 Å². The molecule has 1 N–H and O–H groups in total. The van der Waals surface area contributed by atoms with Gasteiger partial charge in [0.2, 0.25) is 5.91 Å². The van der Waals surface area contributed by atoms with E-state index in [9.17, 15) is 4.79 Å². The van der Waals surface area contributed by atoms with Crippen molar-refractivity contribution in [2.45, 2.75) is 18.9 Å². The highest BCUT2D eigenvalue weighted by atomic mass is 32.1. The Bertz CT molecular complexity index is 745. The van der Waals surface area contributed by atoms with Gasteiger partial charge in [-0.05, 0) is 39.0 Å². The fourth-order valence-electron chi connectivity index (χ4n) is 4.09. The van der Waals surface area contributed by atoms with Crippen LogP contribution in [0.1, 0.15) is 12.8 Å². The maximum Gasteiger partial charge on any atom is 0.241 e. The molecule has 5 nitrogen and oxygen atoms in total. The van der Waals surface area contributed by atoms with Crippen molar-refractivity contribution in [3.8, 4) is 0 Å². The van der Waals surface area contributed by atoms with Gasteiger partial charge in [-0.1, -0.05) is 18.2 Å². The predicted octanol–water partition coefficient (Wildman–Crippen LogP) is 2.55. The first-order valence-electron chi connectivity index (χ1n) is 9.61. The Hall–Kier alpha value is -1.63. The highest BCUT2D eigenvalue weighted by molar-refractivity contribution is 7.17. The van der Waals surface area contributed by atoms with Crippen molar-refractivity contribution in [3.05, 3.63) is 29.6 Å². The van der Waals surface area contributed by atoms with Gasteiger partial charge >= 0.3 is 0 Å². The molecule has 0 atom stereocenters. The van der Waals surface area contributed by atoms with E-state index in [4.69, 9.17) is 0 Å². The molecule has 1 aromatic carbocycles. The third kappa shape index (κ3) is 3.87. The Morgan fingerprint density at radius 1 is 1.12 bits per heavy atom. The minimum absolute atomic E-state index is 0.211. The molecular weight excluding hydrogens is 344 g/mol. The molecule has 140 valence electrons. The standard InChI is InChI=1S/C20H28N4OS/c1-22-8-6-16(7-9-22)23-10-12-24(13-11-23)20(25)14-21-18-15-26-19-5-3-2-4-17(18)19/h2-5,15-16,21H,6-14H2,1H3. The van der Waals surface area contributed by atoms with E-state index < -0.39 is 0 Å². The minimum atomic E-state index is 0.211. The van der Waals surface area contributed by atoms with E-state index in [2.05, 4.69) is 45.7 Å². The van der Waals surface area contributed by atoms with Gasteiger partial charge in [-0.25, -0.2) is 0 Å². The number of piperidine rings is 1. The van der Waals surface area contributed by atoms with Gasteiger partial charge < -0.3 is 15.1 Å². The summed E-state index contributed by atoms with van der Waals surface area (Å²) in [6, 6.07) is 9.04. The average molecular weight is 373 g/mol. The lowest BCUT2D eigenvalue weighted by Crippen LogP contribution is -2.54. The Morgan fingerprint density at radius 2 is 1.85 bits per heavy atom. The third-order valence-corrected chi connectivity index (χ3v) is 6.75. The largest absolute Gasteiger partial charge is 0.375 e. The Kier molecular flexibility index (Phi) is 5.43. The van der Waals surface area contributed by atoms with Crippen LogP contribution in [0, 0.1) is 0 Å². The molecule has 1 amide bonds. The number of carbonyl (C=O) groups excluding carboxylic acids is 1. The molecule has 2 saturated heterocycles. The summed E-state index contributed by atoms with van der Waals surface area (Å²) in [7, 11) is 2.20. The smallest absolute Gasteiger partial charge is 0.241 e. The second-order valence-electron chi connectivity index (χ2n) is 7.45. The summed E-state index contributed by atoms with van der Waals surface area (Å²) in [4.78, 5) is 19.6. The van der Waals surface area contributed by atoms with Crippen LogP contribution in [0.4, 0.5) is 5.69 Å². The number of nitrogens with zero attached hydrogens (tertiary/aromatic N) is 3. The second kappa shape index (κ2) is 7.94. The van der Waals surface area contributed by atoms with Crippen molar-refractivity contribution in [3.63, 3.8) is 0 Å². The van der Waals surface area contributed by atoms with E-state index in [1.807, 2.05) is 11.0 Å². The number of likely N-dealkylation sites (tertiary alicyclic amines) is 1. The number of carbonyl (C=O) groups is 1. The number of piperazine rings is 1. The molecule has 1 aromatic heterocycles. The topological polar surface area (TPSA) is 38.8 Å². The van der Waals surface area contributed by atoms with Crippen molar-refractivity contribution in [2.24, 2.45) is 0 Å². The van der Waals surface area contributed by atoms with Gasteiger partial charge in [0.25, 0.3) is 0 Å². The van der Waals surface area contributed by atoms with Gasteiger partial charge in [0.05, 0.1) is 12.2 Å². The van der Waals surface area contributed by atoms with Gasteiger partial charge in [-0.3, -0.25) is 9.69 Å². The van der Waals surface area contributed by atoms with Crippen LogP contribution in [0.25, 0.3) is 10.1 Å². The highest BCUT2D eigenvalue weighted by Gasteiger charge is 2.27. The summed E-state index contributed by atoms with van der Waals surface area (Å²) < 4.78 is 1.26. The average Bonchev–Trinajstić information content (AvgIpc) is 3.10. The SMILES string of the molecule is CN1CCC(N2CCN(C(=O)CNc3csc4ccccc34)CC2)CC1. The van der Waals surface area contributed by atoms with Gasteiger partial charge in [-0.2, -0.15) is 0 Å². The van der Waals surface area contributed by atoms with Crippen LogP contribution in [-0.4, -0.2) is 79.5 Å². The molecule has 2 fully saturated rings. The van der Waals surface area contributed by atoms with Crippen LogP contribution in [0.2, 0.25) is 0 Å². The first-order chi connectivity index (χ1) is 12.7. The van der Waals surface area contributed by atoms with E-state index in [1.54, 1.807) is 11.3 Å². The lowest BCUT2D eigenvalue weighted by Gasteiger charge is -2.42. The van der Waals surface area contributed by atoms with Crippen LogP contribution < -0.4 is 5.32 Å². The van der Waals surface area contributed by atoms with E-state index >= 15 is 0 Å². The molecule has 0 bridgehead atoms. The minimum Gasteiger partial charge on any atom is -0.375 e. The maximum absolute atomic E-state index is 12.6. The van der Waals surface area contributed by atoms with E-state index in [0.717, 1.165) is 31.9 Å². The third-order valence-electron chi connectivity index (χ3n) is 5.78. The zero-order valence-electron chi connectivity index (χ0n) is 15.5. The number of anilines is 1. The summed E-state index contributed by atoms with van der Waals surface area (Å²) in [6.45, 7) is 6.52. The molecule has 3 heterocycles. The lowest BCUT2D eigenvalue weighted by molar-refractivity contribution is -0.131. The van der Waals surface area contributed by atoms with Crippen LogP contribution in [0.5, 0.6) is 0 Å². The molecular formula is C20H28N4OS. The molecule has 0 unspecified atom stereocenters. The number of hydrogen-bond donors (Lipinski definition) is 1. The van der Waals surface area contributed by atoms with Crippen molar-refractivity contribution in [1.29, 1.82) is 0 Å². The summed E-state index contributed by atoms with van der Waals surface area (Å²) in [6.07, 6.45) is 2.52. The molecule has 2 aliphatic heterocycles. The zero-order valence-corrected chi connectivity index (χ0v) is 16.3. The molecule has 4 rings (SSSR count). The van der Waals surface area contributed by atoms with E-state index in [1.165, 1.54) is 36.0 Å². The Balaban J connectivity index is 1.26. The highest BCUT2D eigenvalue weighted by Crippen LogP contribution is 2.29. The quantitative estimate of drug-likeness (QED) is 0.895. The van der Waals surface area contributed by atoms with Crippen molar-refractivity contribution in [1.82, 2.24) is 14.7 Å². The fraction of sp³-hybridized carbons (Fsp3) is 0.550. The fourth-order valence-corrected chi connectivity index (χ4v) is 5.01. The van der Waals surface area contributed by atoms with Gasteiger partial charge in [0.15, 0.2) is 0 Å². The number of rotatable bonds is 4. The van der Waals surface area contributed by atoms with Crippen molar-refractivity contribution < 1.29 is 4.79 Å². The molecule has 0 radical (unpaired) electrons. The molecule has 2 aliphatic rings. The zero-order chi connectivity index (χ0) is 17.9. The summed E-state index contributed by atoms with van der Waals surface area (Å²) in [5, 5.41) is 6.66. The number of fused-ring (bicyclic) bond motifs is 1.